The largest absolute Gasteiger partial charge is 0.399 e. The zero-order valence-corrected chi connectivity index (χ0v) is 12.8. The monoisotopic (exact) mass is 290 g/mol. The Morgan fingerprint density at radius 2 is 2.00 bits per heavy atom. The van der Waals surface area contributed by atoms with Crippen molar-refractivity contribution in [2.45, 2.75) is 51.6 Å². The van der Waals surface area contributed by atoms with E-state index < -0.39 is 0 Å². The molecule has 2 unspecified atom stereocenters. The molecular weight excluding hydrogens is 264 g/mol. The summed E-state index contributed by atoms with van der Waals surface area (Å²) >= 11 is 0. The van der Waals surface area contributed by atoms with Crippen LogP contribution in [-0.2, 0) is 9.53 Å². The topological polar surface area (TPSA) is 64.3 Å². The lowest BCUT2D eigenvalue weighted by Gasteiger charge is -2.28. The van der Waals surface area contributed by atoms with Crippen LogP contribution >= 0.6 is 0 Å². The van der Waals surface area contributed by atoms with Gasteiger partial charge in [-0.2, -0.15) is 0 Å². The Hall–Kier alpha value is -1.55. The molecule has 21 heavy (non-hydrogen) atoms. The summed E-state index contributed by atoms with van der Waals surface area (Å²) in [5.41, 5.74) is 7.09. The summed E-state index contributed by atoms with van der Waals surface area (Å²) in [5, 5.41) is 2.87. The van der Waals surface area contributed by atoms with Crippen molar-refractivity contribution in [2.75, 3.05) is 17.7 Å². The van der Waals surface area contributed by atoms with Crippen LogP contribution in [0, 0.1) is 5.92 Å². The SMILES string of the molecule is CC1CCCCC1OCCCC(=O)Nc1ccc(N)cc1. The Morgan fingerprint density at radius 1 is 1.29 bits per heavy atom. The fraction of sp³-hybridized carbons (Fsp3) is 0.588. The van der Waals surface area contributed by atoms with Gasteiger partial charge in [-0.05, 0) is 49.4 Å². The predicted molar refractivity (Wildman–Crippen MR) is 86.1 cm³/mol. The van der Waals surface area contributed by atoms with Gasteiger partial charge in [-0.25, -0.2) is 0 Å². The van der Waals surface area contributed by atoms with Crippen LogP contribution in [0.4, 0.5) is 11.4 Å². The van der Waals surface area contributed by atoms with Gasteiger partial charge in [-0.15, -0.1) is 0 Å². The maximum Gasteiger partial charge on any atom is 0.224 e. The number of ether oxygens (including phenoxy) is 1. The first kappa shape index (κ1) is 15.8. The molecule has 0 aliphatic heterocycles. The molecule has 2 atom stereocenters. The molecule has 1 aliphatic rings. The maximum absolute atomic E-state index is 11.8. The lowest BCUT2D eigenvalue weighted by molar-refractivity contribution is -0.116. The summed E-state index contributed by atoms with van der Waals surface area (Å²) in [5.74, 6) is 0.683. The van der Waals surface area contributed by atoms with Crippen molar-refractivity contribution in [2.24, 2.45) is 5.92 Å². The molecule has 0 spiro atoms. The Bertz CT molecular complexity index is 445. The number of hydrogen-bond donors (Lipinski definition) is 2. The third-order valence-corrected chi connectivity index (χ3v) is 4.11. The molecule has 4 nitrogen and oxygen atoms in total. The highest BCUT2D eigenvalue weighted by molar-refractivity contribution is 5.90. The summed E-state index contributed by atoms with van der Waals surface area (Å²) in [6, 6.07) is 7.19. The van der Waals surface area contributed by atoms with E-state index in [1.807, 2.05) is 12.1 Å². The molecule has 1 amide bonds. The molecule has 0 radical (unpaired) electrons. The number of rotatable bonds is 6. The summed E-state index contributed by atoms with van der Waals surface area (Å²) in [6.07, 6.45) is 6.67. The molecule has 116 valence electrons. The molecule has 1 saturated carbocycles. The van der Waals surface area contributed by atoms with Crippen molar-refractivity contribution >= 4 is 17.3 Å². The lowest BCUT2D eigenvalue weighted by Crippen LogP contribution is -2.26. The fourth-order valence-electron chi connectivity index (χ4n) is 2.79. The minimum atomic E-state index is 0.0278. The molecule has 1 aromatic carbocycles. The smallest absolute Gasteiger partial charge is 0.224 e. The number of nitrogen functional groups attached to an aromatic ring is 1. The number of nitrogens with two attached hydrogens (primary N) is 1. The summed E-state index contributed by atoms with van der Waals surface area (Å²) in [6.45, 7) is 2.93. The van der Waals surface area contributed by atoms with Gasteiger partial charge in [-0.1, -0.05) is 19.8 Å². The number of carbonyl (C=O) groups excluding carboxylic acids is 1. The normalized spacial score (nSPS) is 22.0. The fourth-order valence-corrected chi connectivity index (χ4v) is 2.79. The van der Waals surface area contributed by atoms with E-state index in [4.69, 9.17) is 10.5 Å². The van der Waals surface area contributed by atoms with Gasteiger partial charge >= 0.3 is 0 Å². The van der Waals surface area contributed by atoms with Crippen LogP contribution in [0.25, 0.3) is 0 Å². The van der Waals surface area contributed by atoms with Crippen molar-refractivity contribution in [3.63, 3.8) is 0 Å². The van der Waals surface area contributed by atoms with Crippen LogP contribution in [0.1, 0.15) is 45.4 Å². The maximum atomic E-state index is 11.8. The van der Waals surface area contributed by atoms with E-state index in [1.54, 1.807) is 12.1 Å². The van der Waals surface area contributed by atoms with Crippen molar-refractivity contribution < 1.29 is 9.53 Å². The van der Waals surface area contributed by atoms with Gasteiger partial charge in [0.1, 0.15) is 0 Å². The second kappa shape index (κ2) is 8.03. The zero-order chi connectivity index (χ0) is 15.1. The second-order valence-electron chi connectivity index (χ2n) is 5.94. The number of amides is 1. The number of anilines is 2. The van der Waals surface area contributed by atoms with E-state index in [-0.39, 0.29) is 5.91 Å². The van der Waals surface area contributed by atoms with Crippen LogP contribution in [0.2, 0.25) is 0 Å². The molecule has 2 rings (SSSR count). The van der Waals surface area contributed by atoms with E-state index in [9.17, 15) is 4.79 Å². The van der Waals surface area contributed by atoms with Crippen molar-refractivity contribution in [3.05, 3.63) is 24.3 Å². The minimum absolute atomic E-state index is 0.0278. The Balaban J connectivity index is 1.61. The first-order valence-electron chi connectivity index (χ1n) is 7.92. The average Bonchev–Trinajstić information content (AvgIpc) is 2.48. The highest BCUT2D eigenvalue weighted by Crippen LogP contribution is 2.26. The van der Waals surface area contributed by atoms with E-state index in [2.05, 4.69) is 12.2 Å². The van der Waals surface area contributed by atoms with Crippen LogP contribution in [0.3, 0.4) is 0 Å². The van der Waals surface area contributed by atoms with E-state index in [0.717, 1.165) is 12.1 Å². The molecule has 0 aromatic heterocycles. The molecule has 1 fully saturated rings. The number of benzene rings is 1. The van der Waals surface area contributed by atoms with Gasteiger partial charge in [-0.3, -0.25) is 4.79 Å². The number of nitrogens with one attached hydrogen (secondary N) is 1. The molecular formula is C17H26N2O2. The Labute approximate surface area is 127 Å². The predicted octanol–water partition coefficient (Wildman–Crippen LogP) is 3.58. The Kier molecular flexibility index (Phi) is 6.05. The number of hydrogen-bond acceptors (Lipinski definition) is 3. The van der Waals surface area contributed by atoms with Gasteiger partial charge < -0.3 is 15.8 Å². The van der Waals surface area contributed by atoms with Gasteiger partial charge in [0.05, 0.1) is 6.10 Å². The van der Waals surface area contributed by atoms with Gasteiger partial charge in [0.2, 0.25) is 5.91 Å². The summed E-state index contributed by atoms with van der Waals surface area (Å²) in [4.78, 5) is 11.8. The quantitative estimate of drug-likeness (QED) is 0.621. The van der Waals surface area contributed by atoms with Crippen LogP contribution in [0.5, 0.6) is 0 Å². The second-order valence-corrected chi connectivity index (χ2v) is 5.94. The molecule has 0 saturated heterocycles. The molecule has 0 bridgehead atoms. The van der Waals surface area contributed by atoms with Crippen molar-refractivity contribution in [3.8, 4) is 0 Å². The van der Waals surface area contributed by atoms with Crippen molar-refractivity contribution in [1.29, 1.82) is 0 Å². The third kappa shape index (κ3) is 5.38. The van der Waals surface area contributed by atoms with Gasteiger partial charge in [0, 0.05) is 24.4 Å². The summed E-state index contributed by atoms with van der Waals surface area (Å²) in [7, 11) is 0. The van der Waals surface area contributed by atoms with Crippen LogP contribution in [0.15, 0.2) is 24.3 Å². The van der Waals surface area contributed by atoms with E-state index in [1.165, 1.54) is 25.7 Å². The van der Waals surface area contributed by atoms with Crippen LogP contribution < -0.4 is 11.1 Å². The van der Waals surface area contributed by atoms with Gasteiger partial charge in [0.15, 0.2) is 0 Å². The highest BCUT2D eigenvalue weighted by Gasteiger charge is 2.21. The van der Waals surface area contributed by atoms with Gasteiger partial charge in [0.25, 0.3) is 0 Å². The van der Waals surface area contributed by atoms with Crippen LogP contribution in [-0.4, -0.2) is 18.6 Å². The number of carbonyl (C=O) groups is 1. The summed E-state index contributed by atoms with van der Waals surface area (Å²) < 4.78 is 5.92. The Morgan fingerprint density at radius 3 is 2.71 bits per heavy atom. The van der Waals surface area contributed by atoms with E-state index >= 15 is 0 Å². The molecule has 1 aromatic rings. The molecule has 0 heterocycles. The van der Waals surface area contributed by atoms with Crippen molar-refractivity contribution in [1.82, 2.24) is 0 Å². The molecule has 1 aliphatic carbocycles. The standard InChI is InChI=1S/C17H26N2O2/c1-13-5-2-3-6-16(13)21-12-4-7-17(20)19-15-10-8-14(18)9-11-15/h8-11,13,16H,2-7,12,18H2,1H3,(H,19,20). The first-order chi connectivity index (χ1) is 10.1. The average molecular weight is 290 g/mol. The highest BCUT2D eigenvalue weighted by atomic mass is 16.5. The first-order valence-corrected chi connectivity index (χ1v) is 7.92. The molecule has 3 N–H and O–H groups in total. The van der Waals surface area contributed by atoms with E-state index in [0.29, 0.717) is 30.7 Å². The lowest BCUT2D eigenvalue weighted by atomic mass is 9.88. The zero-order valence-electron chi connectivity index (χ0n) is 12.8. The molecule has 4 heteroatoms. The minimum Gasteiger partial charge on any atom is -0.399 e. The third-order valence-electron chi connectivity index (χ3n) is 4.11.